The first-order chi connectivity index (χ1) is 11.9. The van der Waals surface area contributed by atoms with E-state index in [1.807, 2.05) is 0 Å². The molecule has 0 aliphatic carbocycles. The number of benzene rings is 1. The molecule has 9 nitrogen and oxygen atoms in total. The molecule has 1 aliphatic rings. The van der Waals surface area contributed by atoms with Crippen molar-refractivity contribution in [3.05, 3.63) is 42.5 Å². The van der Waals surface area contributed by atoms with Gasteiger partial charge in [-0.25, -0.2) is 9.67 Å². The molecule has 0 N–H and O–H groups in total. The van der Waals surface area contributed by atoms with Crippen LogP contribution < -0.4 is 0 Å². The maximum Gasteiger partial charge on any atom is 0.281 e. The number of carbonyl (C=O) groups excluding carboxylic acids is 1. The Morgan fingerprint density at radius 2 is 1.72 bits per heavy atom. The molecule has 1 saturated heterocycles. The summed E-state index contributed by atoms with van der Waals surface area (Å²) in [6, 6.07) is 7.08. The number of rotatable bonds is 4. The smallest absolute Gasteiger partial charge is 0.281 e. The van der Waals surface area contributed by atoms with Crippen LogP contribution in [-0.2, 0) is 10.2 Å². The van der Waals surface area contributed by atoms with Gasteiger partial charge in [0.1, 0.15) is 12.7 Å². The zero-order valence-electron chi connectivity index (χ0n) is 14.1. The molecule has 1 amide bonds. The second-order valence-electron chi connectivity index (χ2n) is 5.87. The largest absolute Gasteiger partial charge is 0.336 e. The van der Waals surface area contributed by atoms with Crippen molar-refractivity contribution < 1.29 is 13.2 Å². The highest BCUT2D eigenvalue weighted by Gasteiger charge is 2.30. The molecule has 1 aromatic carbocycles. The predicted molar refractivity (Wildman–Crippen MR) is 91.4 cm³/mol. The summed E-state index contributed by atoms with van der Waals surface area (Å²) in [4.78, 5) is 18.2. The molecule has 25 heavy (non-hydrogen) atoms. The number of aromatic nitrogens is 3. The Morgan fingerprint density at radius 1 is 1.08 bits per heavy atom. The molecule has 1 aliphatic heterocycles. The number of carbonyl (C=O) groups is 1. The summed E-state index contributed by atoms with van der Waals surface area (Å²) in [5.41, 5.74) is 1.38. The number of hydrogen-bond donors (Lipinski definition) is 0. The Morgan fingerprint density at radius 3 is 2.24 bits per heavy atom. The molecule has 0 spiro atoms. The van der Waals surface area contributed by atoms with Crippen LogP contribution in [0.4, 0.5) is 0 Å². The molecule has 0 radical (unpaired) electrons. The van der Waals surface area contributed by atoms with Crippen LogP contribution in [0.1, 0.15) is 10.4 Å². The van der Waals surface area contributed by atoms with E-state index in [1.54, 1.807) is 40.2 Å². The van der Waals surface area contributed by atoms with E-state index >= 15 is 0 Å². The standard InChI is InChI=1S/C15H20N6O3S/c1-18(2)25(23,24)20-9-7-19(8-10-20)15(22)13-3-5-14(6-4-13)21-12-16-11-17-21/h3-6,11-12H,7-10H2,1-2H3. The van der Waals surface area contributed by atoms with E-state index in [4.69, 9.17) is 0 Å². The Kier molecular flexibility index (Phi) is 4.84. The van der Waals surface area contributed by atoms with Gasteiger partial charge in [-0.15, -0.1) is 0 Å². The Balaban J connectivity index is 1.65. The number of hydrogen-bond acceptors (Lipinski definition) is 5. The van der Waals surface area contributed by atoms with Crippen molar-refractivity contribution in [1.82, 2.24) is 28.3 Å². The number of amides is 1. The summed E-state index contributed by atoms with van der Waals surface area (Å²) in [6.07, 6.45) is 3.03. The van der Waals surface area contributed by atoms with Gasteiger partial charge < -0.3 is 4.90 Å². The van der Waals surface area contributed by atoms with Gasteiger partial charge in [-0.1, -0.05) is 0 Å². The maximum absolute atomic E-state index is 12.6. The average Bonchev–Trinajstić information content (AvgIpc) is 3.16. The number of piperazine rings is 1. The number of nitrogens with zero attached hydrogens (tertiary/aromatic N) is 6. The Labute approximate surface area is 146 Å². The quantitative estimate of drug-likeness (QED) is 0.751. The Hall–Kier alpha value is -2.30. The first kappa shape index (κ1) is 17.5. The lowest BCUT2D eigenvalue weighted by Gasteiger charge is -2.35. The fraction of sp³-hybridized carbons (Fsp3) is 0.400. The highest BCUT2D eigenvalue weighted by atomic mass is 32.2. The minimum absolute atomic E-state index is 0.105. The third kappa shape index (κ3) is 3.55. The molecule has 2 heterocycles. The van der Waals surface area contributed by atoms with E-state index in [9.17, 15) is 13.2 Å². The lowest BCUT2D eigenvalue weighted by Crippen LogP contribution is -2.53. The van der Waals surface area contributed by atoms with Crippen LogP contribution in [0.5, 0.6) is 0 Å². The first-order valence-corrected chi connectivity index (χ1v) is 9.21. The molecule has 2 aromatic rings. The van der Waals surface area contributed by atoms with Crippen LogP contribution in [0.2, 0.25) is 0 Å². The highest BCUT2D eigenvalue weighted by Crippen LogP contribution is 2.14. The predicted octanol–water partition coefficient (Wildman–Crippen LogP) is -0.168. The average molecular weight is 364 g/mol. The van der Waals surface area contributed by atoms with Crippen molar-refractivity contribution in [2.24, 2.45) is 0 Å². The topological polar surface area (TPSA) is 91.6 Å². The van der Waals surface area contributed by atoms with Gasteiger partial charge in [-0.05, 0) is 24.3 Å². The monoisotopic (exact) mass is 364 g/mol. The van der Waals surface area contributed by atoms with Crippen LogP contribution in [0.25, 0.3) is 5.69 Å². The molecule has 0 unspecified atom stereocenters. The van der Waals surface area contributed by atoms with Crippen LogP contribution in [-0.4, -0.2) is 82.9 Å². The van der Waals surface area contributed by atoms with E-state index in [0.29, 0.717) is 31.7 Å². The zero-order valence-corrected chi connectivity index (χ0v) is 14.9. The minimum Gasteiger partial charge on any atom is -0.336 e. The third-order valence-corrected chi connectivity index (χ3v) is 6.05. The SMILES string of the molecule is CN(C)S(=O)(=O)N1CCN(C(=O)c2ccc(-n3cncn3)cc2)CC1. The first-order valence-electron chi connectivity index (χ1n) is 7.81. The molecule has 134 valence electrons. The van der Waals surface area contributed by atoms with Crippen molar-refractivity contribution in [1.29, 1.82) is 0 Å². The maximum atomic E-state index is 12.6. The summed E-state index contributed by atoms with van der Waals surface area (Å²) in [5.74, 6) is -0.105. The lowest BCUT2D eigenvalue weighted by atomic mass is 10.1. The van der Waals surface area contributed by atoms with Crippen molar-refractivity contribution in [3.63, 3.8) is 0 Å². The fourth-order valence-corrected chi connectivity index (χ4v) is 3.72. The fourth-order valence-electron chi connectivity index (χ4n) is 2.63. The van der Waals surface area contributed by atoms with Crippen LogP contribution in [0.15, 0.2) is 36.9 Å². The second kappa shape index (κ2) is 6.90. The van der Waals surface area contributed by atoms with E-state index in [1.165, 1.54) is 29.0 Å². The highest BCUT2D eigenvalue weighted by molar-refractivity contribution is 7.86. The van der Waals surface area contributed by atoms with E-state index in [-0.39, 0.29) is 5.91 Å². The molecular weight excluding hydrogens is 344 g/mol. The molecule has 3 rings (SSSR count). The molecule has 0 saturated carbocycles. The molecule has 0 atom stereocenters. The van der Waals surface area contributed by atoms with Crippen LogP contribution >= 0.6 is 0 Å². The van der Waals surface area contributed by atoms with Crippen molar-refractivity contribution in [3.8, 4) is 5.69 Å². The third-order valence-electron chi connectivity index (χ3n) is 4.11. The molecule has 0 bridgehead atoms. The summed E-state index contributed by atoms with van der Waals surface area (Å²) >= 11 is 0. The second-order valence-corrected chi connectivity index (χ2v) is 8.01. The van der Waals surface area contributed by atoms with E-state index in [0.717, 1.165) is 5.69 Å². The minimum atomic E-state index is -3.43. The van der Waals surface area contributed by atoms with Crippen LogP contribution in [0.3, 0.4) is 0 Å². The van der Waals surface area contributed by atoms with Crippen LogP contribution in [0, 0.1) is 0 Å². The molecule has 10 heteroatoms. The van der Waals surface area contributed by atoms with Gasteiger partial charge in [0.05, 0.1) is 5.69 Å². The normalized spacial score (nSPS) is 16.4. The zero-order chi connectivity index (χ0) is 18.0. The van der Waals surface area contributed by atoms with Gasteiger partial charge in [0.25, 0.3) is 16.1 Å². The summed E-state index contributed by atoms with van der Waals surface area (Å²) in [5, 5.41) is 4.04. The Bertz CT molecular complexity index is 825. The molecular formula is C15H20N6O3S. The van der Waals surface area contributed by atoms with Crippen molar-refractivity contribution >= 4 is 16.1 Å². The lowest BCUT2D eigenvalue weighted by molar-refractivity contribution is 0.0695. The molecule has 1 fully saturated rings. The van der Waals surface area contributed by atoms with Gasteiger partial charge >= 0.3 is 0 Å². The van der Waals surface area contributed by atoms with Crippen molar-refractivity contribution in [2.75, 3.05) is 40.3 Å². The molecule has 1 aromatic heterocycles. The van der Waals surface area contributed by atoms with E-state index < -0.39 is 10.2 Å². The van der Waals surface area contributed by atoms with Gasteiger partial charge in [0.15, 0.2) is 0 Å². The summed E-state index contributed by atoms with van der Waals surface area (Å²) < 4.78 is 28.4. The summed E-state index contributed by atoms with van der Waals surface area (Å²) in [6.45, 7) is 1.33. The van der Waals surface area contributed by atoms with Gasteiger partial charge in [-0.3, -0.25) is 4.79 Å². The van der Waals surface area contributed by atoms with Gasteiger partial charge in [0.2, 0.25) is 0 Å². The van der Waals surface area contributed by atoms with Gasteiger partial charge in [0, 0.05) is 45.8 Å². The summed E-state index contributed by atoms with van der Waals surface area (Å²) in [7, 11) is -0.424. The van der Waals surface area contributed by atoms with E-state index in [2.05, 4.69) is 10.1 Å². The van der Waals surface area contributed by atoms with Crippen molar-refractivity contribution in [2.45, 2.75) is 0 Å². The van der Waals surface area contributed by atoms with Gasteiger partial charge in [-0.2, -0.15) is 22.1 Å².